The number of rotatable bonds is 5. The summed E-state index contributed by atoms with van der Waals surface area (Å²) in [6.45, 7) is 3.20. The molecule has 0 radical (unpaired) electrons. The summed E-state index contributed by atoms with van der Waals surface area (Å²) in [6.07, 6.45) is 0.341. The van der Waals surface area contributed by atoms with E-state index in [4.69, 9.17) is 5.73 Å². The number of nitrogens with zero attached hydrogens (tertiary/aromatic N) is 3. The zero-order chi connectivity index (χ0) is 25.4. The number of carbonyl (C=O) groups excluding carboxylic acids is 1. The quantitative estimate of drug-likeness (QED) is 0.539. The molecule has 0 aliphatic heterocycles. The van der Waals surface area contributed by atoms with Crippen LogP contribution in [0, 0.1) is 23.2 Å². The Bertz CT molecular complexity index is 1400. The van der Waals surface area contributed by atoms with Crippen LogP contribution < -0.4 is 11.3 Å². The number of alkyl halides is 3. The van der Waals surface area contributed by atoms with Crippen molar-refractivity contribution in [3.8, 4) is 34.6 Å². The fourth-order valence-corrected chi connectivity index (χ4v) is 3.39. The number of carbonyl (C=O) groups is 1. The predicted octanol–water partition coefficient (Wildman–Crippen LogP) is 3.73. The molecule has 35 heavy (non-hydrogen) atoms. The molecule has 0 atom stereocenters. The van der Waals surface area contributed by atoms with Crippen LogP contribution in [-0.2, 0) is 17.4 Å². The van der Waals surface area contributed by atoms with E-state index in [0.29, 0.717) is 17.2 Å². The SMILES string of the molecule is CC(C)(Cc1ccc(C(F)(F)F)c(-c2nc(-c3cnc(C#CC4CC4)cn3)cc(=O)[nH]2)c1)C(N)=O. The van der Waals surface area contributed by atoms with Gasteiger partial charge in [0.05, 0.1) is 23.7 Å². The average Bonchev–Trinajstić information content (AvgIpc) is 3.61. The van der Waals surface area contributed by atoms with Gasteiger partial charge in [0.2, 0.25) is 5.91 Å². The van der Waals surface area contributed by atoms with Crippen molar-refractivity contribution in [3.05, 3.63) is 63.8 Å². The highest BCUT2D eigenvalue weighted by molar-refractivity contribution is 5.80. The van der Waals surface area contributed by atoms with Gasteiger partial charge in [-0.1, -0.05) is 25.8 Å². The van der Waals surface area contributed by atoms with Crippen LogP contribution in [0.1, 0.15) is 43.5 Å². The summed E-state index contributed by atoms with van der Waals surface area (Å²) >= 11 is 0. The minimum atomic E-state index is -4.71. The molecular formula is C25H22F3N5O2. The molecule has 1 amide bonds. The molecule has 1 aromatic carbocycles. The van der Waals surface area contributed by atoms with Crippen LogP contribution in [-0.4, -0.2) is 25.8 Å². The van der Waals surface area contributed by atoms with E-state index in [0.717, 1.165) is 25.0 Å². The van der Waals surface area contributed by atoms with Gasteiger partial charge in [0, 0.05) is 23.0 Å². The van der Waals surface area contributed by atoms with Crippen LogP contribution in [0.25, 0.3) is 22.8 Å². The molecule has 180 valence electrons. The molecule has 0 saturated heterocycles. The smallest absolute Gasteiger partial charge is 0.369 e. The summed E-state index contributed by atoms with van der Waals surface area (Å²) in [5.74, 6) is 5.51. The van der Waals surface area contributed by atoms with E-state index in [1.54, 1.807) is 13.8 Å². The van der Waals surface area contributed by atoms with E-state index in [2.05, 4.69) is 31.8 Å². The number of hydrogen-bond donors (Lipinski definition) is 2. The number of hydrogen-bond acceptors (Lipinski definition) is 5. The number of nitrogens with one attached hydrogen (secondary N) is 1. The summed E-state index contributed by atoms with van der Waals surface area (Å²) in [5, 5.41) is 0. The Labute approximate surface area is 199 Å². The van der Waals surface area contributed by atoms with Gasteiger partial charge in [0.25, 0.3) is 5.56 Å². The van der Waals surface area contributed by atoms with E-state index in [1.807, 2.05) is 0 Å². The van der Waals surface area contributed by atoms with Crippen LogP contribution in [0.4, 0.5) is 13.2 Å². The van der Waals surface area contributed by atoms with Crippen LogP contribution in [0.2, 0.25) is 0 Å². The average molecular weight is 481 g/mol. The molecule has 0 spiro atoms. The van der Waals surface area contributed by atoms with Crippen molar-refractivity contribution >= 4 is 5.91 Å². The Morgan fingerprint density at radius 2 is 1.89 bits per heavy atom. The van der Waals surface area contributed by atoms with Gasteiger partial charge in [-0.3, -0.25) is 14.6 Å². The van der Waals surface area contributed by atoms with E-state index in [1.165, 1.54) is 24.5 Å². The maximum Gasteiger partial charge on any atom is 0.417 e. The third-order valence-corrected chi connectivity index (χ3v) is 5.60. The van der Waals surface area contributed by atoms with Crippen LogP contribution in [0.5, 0.6) is 0 Å². The van der Waals surface area contributed by atoms with Gasteiger partial charge in [-0.25, -0.2) is 9.97 Å². The van der Waals surface area contributed by atoms with Gasteiger partial charge in [0.15, 0.2) is 0 Å². The fourth-order valence-electron chi connectivity index (χ4n) is 3.39. The molecule has 4 rings (SSSR count). The summed E-state index contributed by atoms with van der Waals surface area (Å²) in [5.41, 5.74) is 3.64. The van der Waals surface area contributed by atoms with Gasteiger partial charge < -0.3 is 10.7 Å². The topological polar surface area (TPSA) is 115 Å². The zero-order valence-corrected chi connectivity index (χ0v) is 19.0. The van der Waals surface area contributed by atoms with Crippen LogP contribution in [0.15, 0.2) is 41.5 Å². The standard InChI is InChI=1S/C25H22F3N5O2/c1-24(2,23(29)35)11-15-6-8-18(25(26,27)28)17(9-15)22-32-19(10-21(34)33-22)20-13-30-16(12-31-20)7-5-14-3-4-14/h6,8-10,12-14H,3-4,11H2,1-2H3,(H2,29,35)(H,32,33,34). The monoisotopic (exact) mass is 481 g/mol. The molecule has 1 saturated carbocycles. The van der Waals surface area contributed by atoms with E-state index < -0.39 is 28.6 Å². The molecule has 1 fully saturated rings. The van der Waals surface area contributed by atoms with E-state index >= 15 is 0 Å². The Morgan fingerprint density at radius 1 is 1.14 bits per heavy atom. The molecule has 2 aromatic heterocycles. The van der Waals surface area contributed by atoms with Crippen molar-refractivity contribution in [2.75, 3.05) is 0 Å². The molecule has 0 unspecified atom stereocenters. The Hall–Kier alpha value is -4.00. The molecule has 10 heteroatoms. The molecule has 0 bridgehead atoms. The number of H-pyrrole nitrogens is 1. The van der Waals surface area contributed by atoms with Crippen molar-refractivity contribution in [1.29, 1.82) is 0 Å². The third kappa shape index (κ3) is 5.74. The van der Waals surface area contributed by atoms with Gasteiger partial charge in [0.1, 0.15) is 17.2 Å². The number of amides is 1. The van der Waals surface area contributed by atoms with E-state index in [9.17, 15) is 22.8 Å². The van der Waals surface area contributed by atoms with Gasteiger partial charge in [-0.05, 0) is 42.9 Å². The second-order valence-corrected chi connectivity index (χ2v) is 9.11. The normalized spacial score (nSPS) is 13.7. The highest BCUT2D eigenvalue weighted by Gasteiger charge is 2.35. The van der Waals surface area contributed by atoms with Crippen LogP contribution in [0.3, 0.4) is 0 Å². The summed E-state index contributed by atoms with van der Waals surface area (Å²) in [7, 11) is 0. The summed E-state index contributed by atoms with van der Waals surface area (Å²) < 4.78 is 41.4. The lowest BCUT2D eigenvalue weighted by molar-refractivity contribution is -0.137. The van der Waals surface area contributed by atoms with Crippen molar-refractivity contribution < 1.29 is 18.0 Å². The maximum atomic E-state index is 13.8. The second kappa shape index (κ2) is 8.98. The zero-order valence-electron chi connectivity index (χ0n) is 19.0. The van der Waals surface area contributed by atoms with Crippen molar-refractivity contribution in [2.45, 2.75) is 39.3 Å². The number of aromatic amines is 1. The predicted molar refractivity (Wildman–Crippen MR) is 123 cm³/mol. The molecule has 1 aliphatic carbocycles. The number of benzene rings is 1. The van der Waals surface area contributed by atoms with Gasteiger partial charge in [-0.2, -0.15) is 13.2 Å². The molecule has 7 nitrogen and oxygen atoms in total. The molecular weight excluding hydrogens is 459 g/mol. The molecule has 1 aliphatic rings. The number of nitrogens with two attached hydrogens (primary N) is 1. The first kappa shape index (κ1) is 24.1. The van der Waals surface area contributed by atoms with E-state index in [-0.39, 0.29) is 29.2 Å². The first-order valence-electron chi connectivity index (χ1n) is 10.9. The van der Waals surface area contributed by atoms with Crippen molar-refractivity contribution in [1.82, 2.24) is 19.9 Å². The number of halogens is 3. The Morgan fingerprint density at radius 3 is 2.49 bits per heavy atom. The highest BCUT2D eigenvalue weighted by atomic mass is 19.4. The maximum absolute atomic E-state index is 13.8. The lowest BCUT2D eigenvalue weighted by Crippen LogP contribution is -2.33. The minimum absolute atomic E-state index is 0.0638. The highest BCUT2D eigenvalue weighted by Crippen LogP contribution is 2.37. The molecule has 3 aromatic rings. The number of aromatic nitrogens is 4. The van der Waals surface area contributed by atoms with Crippen LogP contribution >= 0.6 is 0 Å². The first-order valence-corrected chi connectivity index (χ1v) is 10.9. The van der Waals surface area contributed by atoms with Gasteiger partial charge >= 0.3 is 6.18 Å². The lowest BCUT2D eigenvalue weighted by Gasteiger charge is -2.21. The summed E-state index contributed by atoms with van der Waals surface area (Å²) in [6, 6.07) is 4.58. The Kier molecular flexibility index (Phi) is 6.19. The second-order valence-electron chi connectivity index (χ2n) is 9.11. The van der Waals surface area contributed by atoms with Gasteiger partial charge in [-0.15, -0.1) is 0 Å². The molecule has 3 N–H and O–H groups in total. The lowest BCUT2D eigenvalue weighted by atomic mass is 9.84. The molecule has 2 heterocycles. The first-order chi connectivity index (χ1) is 16.4. The fraction of sp³-hybridized carbons (Fsp3) is 0.320. The number of primary amides is 1. The minimum Gasteiger partial charge on any atom is -0.369 e. The third-order valence-electron chi connectivity index (χ3n) is 5.60. The largest absolute Gasteiger partial charge is 0.417 e. The summed E-state index contributed by atoms with van der Waals surface area (Å²) in [4.78, 5) is 39.1. The van der Waals surface area contributed by atoms with Crippen molar-refractivity contribution in [3.63, 3.8) is 0 Å². The van der Waals surface area contributed by atoms with Crippen molar-refractivity contribution in [2.24, 2.45) is 17.1 Å². The Balaban J connectivity index is 1.76.